The molecule has 0 saturated carbocycles. The lowest BCUT2D eigenvalue weighted by molar-refractivity contribution is -0.138. The van der Waals surface area contributed by atoms with Crippen molar-refractivity contribution < 1.29 is 14.4 Å². The Morgan fingerprint density at radius 1 is 1.07 bits per heavy atom. The van der Waals surface area contributed by atoms with Gasteiger partial charge in [-0.3, -0.25) is 14.4 Å². The van der Waals surface area contributed by atoms with Gasteiger partial charge in [0.1, 0.15) is 0 Å². The highest BCUT2D eigenvalue weighted by Crippen LogP contribution is 2.47. The Labute approximate surface area is 160 Å². The van der Waals surface area contributed by atoms with Crippen molar-refractivity contribution in [2.75, 3.05) is 46.3 Å². The molecule has 3 aliphatic rings. The highest BCUT2D eigenvalue weighted by molar-refractivity contribution is 6.08. The summed E-state index contributed by atoms with van der Waals surface area (Å²) in [5.41, 5.74) is 1.21. The van der Waals surface area contributed by atoms with Crippen molar-refractivity contribution in [1.29, 1.82) is 0 Å². The average Bonchev–Trinajstić information content (AvgIpc) is 2.98. The molecule has 0 N–H and O–H groups in total. The van der Waals surface area contributed by atoms with Crippen molar-refractivity contribution in [3.63, 3.8) is 0 Å². The number of benzene rings is 1. The molecule has 6 heteroatoms. The Balaban J connectivity index is 1.58. The van der Waals surface area contributed by atoms with Crippen LogP contribution in [0.15, 0.2) is 24.3 Å². The maximum absolute atomic E-state index is 13.5. The Hall–Kier alpha value is -2.21. The zero-order valence-corrected chi connectivity index (χ0v) is 16.1. The van der Waals surface area contributed by atoms with E-state index in [1.54, 1.807) is 11.8 Å². The van der Waals surface area contributed by atoms with Gasteiger partial charge in [-0.1, -0.05) is 24.3 Å². The van der Waals surface area contributed by atoms with Crippen LogP contribution in [-0.2, 0) is 16.0 Å². The lowest BCUT2D eigenvalue weighted by atomic mass is 9.74. The van der Waals surface area contributed by atoms with Gasteiger partial charge in [-0.2, -0.15) is 0 Å². The van der Waals surface area contributed by atoms with Crippen molar-refractivity contribution in [3.05, 3.63) is 35.4 Å². The first-order valence-electron chi connectivity index (χ1n) is 9.78. The van der Waals surface area contributed by atoms with Crippen molar-refractivity contribution in [2.45, 2.75) is 19.8 Å². The highest BCUT2D eigenvalue weighted by atomic mass is 16.2. The van der Waals surface area contributed by atoms with E-state index in [2.05, 4.69) is 4.90 Å². The topological polar surface area (TPSA) is 60.9 Å². The number of amides is 2. The number of nitrogens with zero attached hydrogens (tertiary/aromatic N) is 3. The normalized spacial score (nSPS) is 28.5. The summed E-state index contributed by atoms with van der Waals surface area (Å²) in [4.78, 5) is 44.3. The van der Waals surface area contributed by atoms with E-state index in [4.69, 9.17) is 0 Å². The third-order valence-electron chi connectivity index (χ3n) is 6.48. The summed E-state index contributed by atoms with van der Waals surface area (Å²) in [6, 6.07) is 7.77. The van der Waals surface area contributed by atoms with E-state index in [-0.39, 0.29) is 23.5 Å². The molecule has 2 aliphatic heterocycles. The monoisotopic (exact) mass is 369 g/mol. The molecule has 2 unspecified atom stereocenters. The molecule has 1 spiro atoms. The maximum Gasteiger partial charge on any atom is 0.228 e. The fourth-order valence-corrected chi connectivity index (χ4v) is 5.12. The van der Waals surface area contributed by atoms with Crippen molar-refractivity contribution in [2.24, 2.45) is 11.3 Å². The van der Waals surface area contributed by atoms with Crippen LogP contribution in [0.5, 0.6) is 0 Å². The number of rotatable bonds is 1. The molecule has 2 saturated heterocycles. The number of likely N-dealkylation sites (tertiary alicyclic amines) is 1. The van der Waals surface area contributed by atoms with Gasteiger partial charge in [0.25, 0.3) is 0 Å². The standard InChI is InChI=1S/C21H27N3O3/c1-15(25)23-8-5-9-24(11-10-23)20(27)18-13-22(2)14-21(18)12-16-6-3-4-7-17(16)19(21)26/h3-4,6-7,18H,5,8-14H2,1-2H3. The zero-order valence-electron chi connectivity index (χ0n) is 16.1. The summed E-state index contributed by atoms with van der Waals surface area (Å²) in [6.07, 6.45) is 1.44. The Bertz CT molecular complexity index is 793. The predicted octanol–water partition coefficient (Wildman–Crippen LogP) is 1.05. The van der Waals surface area contributed by atoms with E-state index >= 15 is 0 Å². The molecule has 27 heavy (non-hydrogen) atoms. The van der Waals surface area contributed by atoms with Crippen LogP contribution in [0.1, 0.15) is 29.3 Å². The zero-order chi connectivity index (χ0) is 19.2. The number of ketones is 1. The lowest BCUT2D eigenvalue weighted by Crippen LogP contribution is -2.47. The lowest BCUT2D eigenvalue weighted by Gasteiger charge is -2.32. The van der Waals surface area contributed by atoms with E-state index in [1.165, 1.54) is 0 Å². The molecule has 0 bridgehead atoms. The third-order valence-corrected chi connectivity index (χ3v) is 6.48. The predicted molar refractivity (Wildman–Crippen MR) is 101 cm³/mol. The molecule has 2 heterocycles. The van der Waals surface area contributed by atoms with Gasteiger partial charge in [0.15, 0.2) is 5.78 Å². The van der Waals surface area contributed by atoms with Gasteiger partial charge in [-0.25, -0.2) is 0 Å². The highest BCUT2D eigenvalue weighted by Gasteiger charge is 2.58. The van der Waals surface area contributed by atoms with Gasteiger partial charge in [-0.15, -0.1) is 0 Å². The minimum absolute atomic E-state index is 0.0581. The largest absolute Gasteiger partial charge is 0.341 e. The summed E-state index contributed by atoms with van der Waals surface area (Å²) in [5.74, 6) is -0.0547. The molecule has 2 atom stereocenters. The molecule has 1 aromatic carbocycles. The molecular formula is C21H27N3O3. The SMILES string of the molecule is CC(=O)N1CCCN(C(=O)C2CN(C)CC23Cc2ccccc2C3=O)CC1. The number of carbonyl (C=O) groups is 3. The van der Waals surface area contributed by atoms with Gasteiger partial charge < -0.3 is 14.7 Å². The summed E-state index contributed by atoms with van der Waals surface area (Å²) in [7, 11) is 1.99. The first-order valence-corrected chi connectivity index (χ1v) is 9.78. The third kappa shape index (κ3) is 2.96. The van der Waals surface area contributed by atoms with Gasteiger partial charge in [0, 0.05) is 51.8 Å². The molecule has 2 fully saturated rings. The number of fused-ring (bicyclic) bond motifs is 1. The molecule has 0 aromatic heterocycles. The second-order valence-electron chi connectivity index (χ2n) is 8.25. The fraction of sp³-hybridized carbons (Fsp3) is 0.571. The maximum atomic E-state index is 13.5. The smallest absolute Gasteiger partial charge is 0.228 e. The van der Waals surface area contributed by atoms with Crippen LogP contribution in [-0.4, -0.2) is 78.6 Å². The summed E-state index contributed by atoms with van der Waals surface area (Å²) in [5, 5.41) is 0. The summed E-state index contributed by atoms with van der Waals surface area (Å²) >= 11 is 0. The van der Waals surface area contributed by atoms with Crippen LogP contribution in [0.2, 0.25) is 0 Å². The van der Waals surface area contributed by atoms with E-state index < -0.39 is 5.41 Å². The molecule has 144 valence electrons. The van der Waals surface area contributed by atoms with Crippen LogP contribution in [0.25, 0.3) is 0 Å². The summed E-state index contributed by atoms with van der Waals surface area (Å²) < 4.78 is 0. The molecule has 2 amide bonds. The van der Waals surface area contributed by atoms with Crippen molar-refractivity contribution in [1.82, 2.24) is 14.7 Å². The Morgan fingerprint density at radius 3 is 2.52 bits per heavy atom. The fourth-order valence-electron chi connectivity index (χ4n) is 5.12. The minimum Gasteiger partial charge on any atom is -0.341 e. The molecule has 0 radical (unpaired) electrons. The van der Waals surface area contributed by atoms with Gasteiger partial charge in [0.2, 0.25) is 11.8 Å². The van der Waals surface area contributed by atoms with Crippen LogP contribution >= 0.6 is 0 Å². The van der Waals surface area contributed by atoms with Crippen LogP contribution in [0.3, 0.4) is 0 Å². The van der Waals surface area contributed by atoms with Crippen LogP contribution in [0.4, 0.5) is 0 Å². The molecule has 1 aliphatic carbocycles. The second kappa shape index (κ2) is 6.75. The minimum atomic E-state index is -0.637. The number of hydrogen-bond acceptors (Lipinski definition) is 4. The molecule has 1 aromatic rings. The molecular weight excluding hydrogens is 342 g/mol. The van der Waals surface area contributed by atoms with E-state index in [1.807, 2.05) is 36.2 Å². The van der Waals surface area contributed by atoms with Gasteiger partial charge in [0.05, 0.1) is 11.3 Å². The number of carbonyl (C=O) groups excluding carboxylic acids is 3. The quantitative estimate of drug-likeness (QED) is 0.743. The van der Waals surface area contributed by atoms with Crippen molar-refractivity contribution in [3.8, 4) is 0 Å². The number of Topliss-reactive ketones (excluding diaryl/α,β-unsaturated/α-hetero) is 1. The summed E-state index contributed by atoms with van der Waals surface area (Å²) in [6.45, 7) is 5.29. The molecule has 4 rings (SSSR count). The van der Waals surface area contributed by atoms with Gasteiger partial charge in [-0.05, 0) is 25.5 Å². The first kappa shape index (κ1) is 18.2. The molecule has 6 nitrogen and oxygen atoms in total. The van der Waals surface area contributed by atoms with Gasteiger partial charge >= 0.3 is 0 Å². The van der Waals surface area contributed by atoms with Crippen LogP contribution in [0, 0.1) is 11.3 Å². The number of hydrogen-bond donors (Lipinski definition) is 0. The Kier molecular flexibility index (Phi) is 4.54. The first-order chi connectivity index (χ1) is 12.9. The van der Waals surface area contributed by atoms with E-state index in [0.717, 1.165) is 17.5 Å². The Morgan fingerprint density at radius 2 is 1.78 bits per heavy atom. The average molecular weight is 369 g/mol. The van der Waals surface area contributed by atoms with Crippen LogP contribution < -0.4 is 0 Å². The van der Waals surface area contributed by atoms with Crippen molar-refractivity contribution >= 4 is 17.6 Å². The van der Waals surface area contributed by atoms with E-state index in [0.29, 0.717) is 45.7 Å². The second-order valence-corrected chi connectivity index (χ2v) is 8.25. The van der Waals surface area contributed by atoms with E-state index in [9.17, 15) is 14.4 Å².